The van der Waals surface area contributed by atoms with Gasteiger partial charge in [0.1, 0.15) is 0 Å². The van der Waals surface area contributed by atoms with Crippen molar-refractivity contribution in [3.05, 3.63) is 318 Å². The van der Waals surface area contributed by atoms with E-state index < -0.39 is 10.8 Å². The Morgan fingerprint density at radius 2 is 0.632 bits per heavy atom. The van der Waals surface area contributed by atoms with Gasteiger partial charge in [0, 0.05) is 22.5 Å². The second-order valence-electron chi connectivity index (χ2n) is 18.1. The van der Waals surface area contributed by atoms with Crippen LogP contribution < -0.4 is 4.90 Å². The zero-order valence-corrected chi connectivity index (χ0v) is 38.0. The zero-order chi connectivity index (χ0) is 45.5. The minimum Gasteiger partial charge on any atom is -0.311 e. The summed E-state index contributed by atoms with van der Waals surface area (Å²) in [5, 5.41) is 2.49. The highest BCUT2D eigenvalue weighted by Gasteiger charge is 2.51. The Kier molecular flexibility index (Phi) is 10.3. The molecule has 1 aliphatic rings. The van der Waals surface area contributed by atoms with E-state index in [1.54, 1.807) is 0 Å². The lowest BCUT2D eigenvalue weighted by Crippen LogP contribution is -2.43. The Hall–Kier alpha value is -8.52. The molecule has 1 nitrogen and oxygen atoms in total. The summed E-state index contributed by atoms with van der Waals surface area (Å²) < 4.78 is 0. The Bertz CT molecular complexity index is 3450. The number of hydrogen-bond donors (Lipinski definition) is 0. The molecule has 0 atom stereocenters. The van der Waals surface area contributed by atoms with E-state index in [1.165, 1.54) is 83.1 Å². The van der Waals surface area contributed by atoms with Gasteiger partial charge in [-0.3, -0.25) is 0 Å². The standard InChI is InChI=1S/C67H49N/c1-66(62-29-15-17-31-64(62)67(55-23-7-3-8-24-55,56-25-9-4-10-26-56)65-32-18-16-30-63(65)66)61-28-14-13-27-60(61)52-39-45-59(46-40-52)68(57-41-35-50(36-42-57)48-19-5-2-6-20-48)58-43-37-51(38-44-58)54-34-33-49-21-11-12-22-53(49)47-54/h2-47H,1H3. The second kappa shape index (κ2) is 17.0. The Morgan fingerprint density at radius 3 is 1.16 bits per heavy atom. The fraction of sp³-hybridized carbons (Fsp3) is 0.0448. The van der Waals surface area contributed by atoms with Gasteiger partial charge in [0.25, 0.3) is 0 Å². The van der Waals surface area contributed by atoms with Crippen LogP contribution in [0.25, 0.3) is 44.2 Å². The molecule has 12 rings (SSSR count). The predicted octanol–water partition coefficient (Wildman–Crippen LogP) is 17.4. The van der Waals surface area contributed by atoms with Crippen molar-refractivity contribution in [2.24, 2.45) is 0 Å². The highest BCUT2D eigenvalue weighted by atomic mass is 15.1. The third-order valence-electron chi connectivity index (χ3n) is 14.5. The van der Waals surface area contributed by atoms with Crippen LogP contribution in [-0.2, 0) is 10.8 Å². The van der Waals surface area contributed by atoms with Crippen molar-refractivity contribution in [1.29, 1.82) is 0 Å². The van der Waals surface area contributed by atoms with E-state index in [0.29, 0.717) is 0 Å². The smallest absolute Gasteiger partial charge is 0.0707 e. The molecule has 0 bridgehead atoms. The molecule has 322 valence electrons. The van der Waals surface area contributed by atoms with Gasteiger partial charge in [-0.1, -0.05) is 237 Å². The molecule has 0 aromatic heterocycles. The van der Waals surface area contributed by atoms with E-state index in [0.717, 1.165) is 17.1 Å². The first-order chi connectivity index (χ1) is 33.6. The maximum Gasteiger partial charge on any atom is 0.0707 e. The Labute approximate surface area is 399 Å². The molecule has 0 amide bonds. The fourth-order valence-electron chi connectivity index (χ4n) is 11.3. The van der Waals surface area contributed by atoms with Crippen LogP contribution in [0.5, 0.6) is 0 Å². The van der Waals surface area contributed by atoms with Crippen molar-refractivity contribution in [2.45, 2.75) is 17.8 Å². The van der Waals surface area contributed by atoms with Crippen LogP contribution in [0.1, 0.15) is 45.9 Å². The molecule has 0 N–H and O–H groups in total. The molecule has 0 spiro atoms. The summed E-state index contributed by atoms with van der Waals surface area (Å²) >= 11 is 0. The summed E-state index contributed by atoms with van der Waals surface area (Å²) in [5.41, 5.74) is 18.5. The lowest BCUT2D eigenvalue weighted by molar-refractivity contribution is 0.590. The fourth-order valence-corrected chi connectivity index (χ4v) is 11.3. The van der Waals surface area contributed by atoms with E-state index in [9.17, 15) is 0 Å². The van der Waals surface area contributed by atoms with E-state index in [2.05, 4.69) is 291 Å². The summed E-state index contributed by atoms with van der Waals surface area (Å²) in [6.45, 7) is 2.44. The average molecular weight is 868 g/mol. The van der Waals surface area contributed by atoms with Gasteiger partial charge in [0.2, 0.25) is 0 Å². The minimum atomic E-state index is -0.512. The number of anilines is 3. The monoisotopic (exact) mass is 867 g/mol. The second-order valence-corrected chi connectivity index (χ2v) is 18.1. The van der Waals surface area contributed by atoms with Crippen molar-refractivity contribution >= 4 is 27.8 Å². The molecule has 1 heteroatoms. The van der Waals surface area contributed by atoms with Crippen LogP contribution in [0, 0.1) is 0 Å². The molecule has 0 unspecified atom stereocenters. The van der Waals surface area contributed by atoms with Crippen LogP contribution in [-0.4, -0.2) is 0 Å². The molecule has 68 heavy (non-hydrogen) atoms. The first-order valence-electron chi connectivity index (χ1n) is 23.7. The van der Waals surface area contributed by atoms with Crippen molar-refractivity contribution in [3.63, 3.8) is 0 Å². The summed E-state index contributed by atoms with van der Waals surface area (Å²) in [6, 6.07) is 103. The minimum absolute atomic E-state index is 0.477. The first kappa shape index (κ1) is 40.9. The largest absolute Gasteiger partial charge is 0.311 e. The number of rotatable bonds is 9. The maximum absolute atomic E-state index is 2.44. The molecule has 11 aromatic carbocycles. The van der Waals surface area contributed by atoms with Crippen LogP contribution in [0.2, 0.25) is 0 Å². The molecular formula is C67H49N. The predicted molar refractivity (Wildman–Crippen MR) is 285 cm³/mol. The topological polar surface area (TPSA) is 3.24 Å². The molecular weight excluding hydrogens is 819 g/mol. The van der Waals surface area contributed by atoms with Gasteiger partial charge in [-0.2, -0.15) is 0 Å². The van der Waals surface area contributed by atoms with Gasteiger partial charge in [0.15, 0.2) is 0 Å². The van der Waals surface area contributed by atoms with Crippen LogP contribution in [0.4, 0.5) is 17.1 Å². The molecule has 0 saturated heterocycles. The van der Waals surface area contributed by atoms with Crippen LogP contribution in [0.3, 0.4) is 0 Å². The van der Waals surface area contributed by atoms with Crippen molar-refractivity contribution < 1.29 is 0 Å². The van der Waals surface area contributed by atoms with E-state index >= 15 is 0 Å². The van der Waals surface area contributed by atoms with Gasteiger partial charge in [-0.05, 0) is 132 Å². The summed E-state index contributed by atoms with van der Waals surface area (Å²) in [4.78, 5) is 2.37. The van der Waals surface area contributed by atoms with Gasteiger partial charge < -0.3 is 4.90 Å². The lowest BCUT2D eigenvalue weighted by Gasteiger charge is -2.49. The summed E-state index contributed by atoms with van der Waals surface area (Å²) in [5.74, 6) is 0. The first-order valence-corrected chi connectivity index (χ1v) is 23.7. The van der Waals surface area contributed by atoms with E-state index in [1.807, 2.05) is 0 Å². The third-order valence-corrected chi connectivity index (χ3v) is 14.5. The van der Waals surface area contributed by atoms with Crippen molar-refractivity contribution in [2.75, 3.05) is 4.90 Å². The molecule has 0 radical (unpaired) electrons. The Balaban J connectivity index is 0.972. The SMILES string of the molecule is CC1(c2ccccc2-c2ccc(N(c3ccc(-c4ccccc4)cc3)c3ccc(-c4ccc5ccccc5c4)cc3)cc2)c2ccccc2C(c2ccccc2)(c2ccccc2)c2ccccc21. The number of nitrogens with zero attached hydrogens (tertiary/aromatic N) is 1. The highest BCUT2D eigenvalue weighted by molar-refractivity contribution is 5.88. The van der Waals surface area contributed by atoms with Crippen molar-refractivity contribution in [1.82, 2.24) is 0 Å². The van der Waals surface area contributed by atoms with E-state index in [-0.39, 0.29) is 0 Å². The van der Waals surface area contributed by atoms with E-state index in [4.69, 9.17) is 0 Å². The third kappa shape index (κ3) is 6.78. The van der Waals surface area contributed by atoms with Gasteiger partial charge in [-0.25, -0.2) is 0 Å². The zero-order valence-electron chi connectivity index (χ0n) is 38.0. The number of fused-ring (bicyclic) bond motifs is 3. The normalized spacial score (nSPS) is 13.3. The maximum atomic E-state index is 2.44. The highest BCUT2D eigenvalue weighted by Crippen LogP contribution is 2.58. The number of hydrogen-bond acceptors (Lipinski definition) is 1. The molecule has 0 saturated carbocycles. The number of benzene rings is 11. The molecule has 0 aliphatic heterocycles. The lowest BCUT2D eigenvalue weighted by atomic mass is 9.52. The average Bonchev–Trinajstić information content (AvgIpc) is 3.42. The van der Waals surface area contributed by atoms with Crippen LogP contribution >= 0.6 is 0 Å². The van der Waals surface area contributed by atoms with Crippen molar-refractivity contribution in [3.8, 4) is 33.4 Å². The molecule has 0 fully saturated rings. The molecule has 11 aromatic rings. The van der Waals surface area contributed by atoms with Crippen LogP contribution in [0.15, 0.2) is 279 Å². The van der Waals surface area contributed by atoms with Gasteiger partial charge in [0.05, 0.1) is 5.41 Å². The molecule has 1 aliphatic carbocycles. The molecule has 0 heterocycles. The summed E-state index contributed by atoms with van der Waals surface area (Å²) in [6.07, 6.45) is 0. The van der Waals surface area contributed by atoms with Gasteiger partial charge >= 0.3 is 0 Å². The summed E-state index contributed by atoms with van der Waals surface area (Å²) in [7, 11) is 0. The Morgan fingerprint density at radius 1 is 0.265 bits per heavy atom. The quantitative estimate of drug-likeness (QED) is 0.140. The van der Waals surface area contributed by atoms with Gasteiger partial charge in [-0.15, -0.1) is 0 Å².